The second-order valence-electron chi connectivity index (χ2n) is 6.97. The maximum atomic E-state index is 12.5. The molecule has 0 bridgehead atoms. The summed E-state index contributed by atoms with van der Waals surface area (Å²) < 4.78 is 0. The molecule has 0 aromatic rings. The Bertz CT molecular complexity index is 381. The lowest BCUT2D eigenvalue weighted by Gasteiger charge is -2.43. The number of carboxylic acid groups (broad SMARTS) is 1. The van der Waals surface area contributed by atoms with E-state index in [0.717, 1.165) is 39.0 Å². The highest BCUT2D eigenvalue weighted by Crippen LogP contribution is 2.33. The van der Waals surface area contributed by atoms with Crippen molar-refractivity contribution in [1.82, 2.24) is 9.80 Å². The van der Waals surface area contributed by atoms with Crippen molar-refractivity contribution in [2.24, 2.45) is 11.8 Å². The molecule has 0 aromatic heterocycles. The molecule has 1 aliphatic heterocycles. The van der Waals surface area contributed by atoms with Gasteiger partial charge in [0.15, 0.2) is 0 Å². The number of rotatable bonds is 2. The number of hydrogen-bond acceptors (Lipinski definition) is 3. The van der Waals surface area contributed by atoms with Crippen molar-refractivity contribution in [3.63, 3.8) is 0 Å². The quantitative estimate of drug-likeness (QED) is 0.832. The number of nitrogens with zero attached hydrogens (tertiary/aromatic N) is 2. The van der Waals surface area contributed by atoms with Gasteiger partial charge in [0.05, 0.1) is 11.8 Å². The Kier molecular flexibility index (Phi) is 4.37. The molecule has 2 aliphatic rings. The molecule has 0 radical (unpaired) electrons. The van der Waals surface area contributed by atoms with Gasteiger partial charge in [-0.1, -0.05) is 6.42 Å². The van der Waals surface area contributed by atoms with E-state index < -0.39 is 11.9 Å². The largest absolute Gasteiger partial charge is 0.481 e. The molecule has 114 valence electrons. The van der Waals surface area contributed by atoms with Gasteiger partial charge in [-0.3, -0.25) is 14.5 Å². The van der Waals surface area contributed by atoms with Crippen molar-refractivity contribution in [3.05, 3.63) is 0 Å². The molecule has 2 rings (SSSR count). The van der Waals surface area contributed by atoms with Crippen molar-refractivity contribution in [1.29, 1.82) is 0 Å². The topological polar surface area (TPSA) is 60.9 Å². The van der Waals surface area contributed by atoms with Gasteiger partial charge in [0.2, 0.25) is 5.91 Å². The molecule has 1 saturated heterocycles. The van der Waals surface area contributed by atoms with Crippen LogP contribution >= 0.6 is 0 Å². The van der Waals surface area contributed by atoms with Crippen LogP contribution in [0.2, 0.25) is 0 Å². The first-order chi connectivity index (χ1) is 9.30. The van der Waals surface area contributed by atoms with Gasteiger partial charge in [0.1, 0.15) is 0 Å². The van der Waals surface area contributed by atoms with E-state index in [1.165, 1.54) is 0 Å². The fourth-order valence-corrected chi connectivity index (χ4v) is 3.38. The minimum atomic E-state index is -0.811. The Balaban J connectivity index is 1.93. The van der Waals surface area contributed by atoms with E-state index in [-0.39, 0.29) is 17.4 Å². The van der Waals surface area contributed by atoms with Gasteiger partial charge < -0.3 is 10.0 Å². The Hall–Kier alpha value is -1.10. The first kappa shape index (κ1) is 15.3. The van der Waals surface area contributed by atoms with Crippen molar-refractivity contribution in [3.8, 4) is 0 Å². The maximum Gasteiger partial charge on any atom is 0.307 e. The summed E-state index contributed by atoms with van der Waals surface area (Å²) >= 11 is 0. The molecule has 5 nitrogen and oxygen atoms in total. The number of carboxylic acids is 1. The summed E-state index contributed by atoms with van der Waals surface area (Å²) in [6.07, 6.45) is 2.23. The molecule has 0 unspecified atom stereocenters. The van der Waals surface area contributed by atoms with Crippen LogP contribution in [-0.2, 0) is 9.59 Å². The zero-order chi connectivity index (χ0) is 14.9. The summed E-state index contributed by atoms with van der Waals surface area (Å²) in [5, 5.41) is 9.20. The van der Waals surface area contributed by atoms with Crippen LogP contribution < -0.4 is 0 Å². The van der Waals surface area contributed by atoms with E-state index in [2.05, 4.69) is 25.7 Å². The number of carbonyl (C=O) groups is 2. The lowest BCUT2D eigenvalue weighted by molar-refractivity contribution is -0.150. The van der Waals surface area contributed by atoms with Gasteiger partial charge in [0, 0.05) is 31.7 Å². The van der Waals surface area contributed by atoms with E-state index in [1.807, 2.05) is 4.90 Å². The zero-order valence-electron chi connectivity index (χ0n) is 12.8. The Morgan fingerprint density at radius 2 is 1.55 bits per heavy atom. The van der Waals surface area contributed by atoms with E-state index in [0.29, 0.717) is 6.42 Å². The number of hydrogen-bond donors (Lipinski definition) is 1. The van der Waals surface area contributed by atoms with Gasteiger partial charge in [0.25, 0.3) is 0 Å². The zero-order valence-corrected chi connectivity index (χ0v) is 12.8. The van der Waals surface area contributed by atoms with Gasteiger partial charge in [-0.05, 0) is 33.6 Å². The minimum absolute atomic E-state index is 0.0588. The highest BCUT2D eigenvalue weighted by Gasteiger charge is 2.40. The third-order valence-corrected chi connectivity index (χ3v) is 4.69. The molecule has 1 saturated carbocycles. The number of carbonyl (C=O) groups excluding carboxylic acids is 1. The number of aliphatic carboxylic acids is 1. The molecular weight excluding hydrogens is 256 g/mol. The van der Waals surface area contributed by atoms with Gasteiger partial charge in [-0.25, -0.2) is 0 Å². The third kappa shape index (κ3) is 3.14. The molecule has 1 heterocycles. The summed E-state index contributed by atoms with van der Waals surface area (Å²) in [5.74, 6) is -1.52. The molecule has 20 heavy (non-hydrogen) atoms. The predicted octanol–water partition coefficient (Wildman–Crippen LogP) is 1.43. The Morgan fingerprint density at radius 1 is 1.00 bits per heavy atom. The lowest BCUT2D eigenvalue weighted by Crippen LogP contribution is -2.55. The molecule has 0 aromatic carbocycles. The van der Waals surface area contributed by atoms with Gasteiger partial charge in [-0.2, -0.15) is 0 Å². The molecule has 2 fully saturated rings. The normalized spacial score (nSPS) is 28.6. The molecule has 2 atom stereocenters. The lowest BCUT2D eigenvalue weighted by atomic mass is 9.94. The standard InChI is InChI=1S/C15H26N2O3/c1-15(2,3)17-9-7-16(8-10-17)13(18)11-5-4-6-12(11)14(19)20/h11-12H,4-10H2,1-3H3,(H,19,20)/t11-,12+/m1/s1. The molecule has 5 heteroatoms. The predicted molar refractivity (Wildman–Crippen MR) is 76.4 cm³/mol. The van der Waals surface area contributed by atoms with Crippen molar-refractivity contribution < 1.29 is 14.7 Å². The average Bonchev–Trinajstić information content (AvgIpc) is 2.86. The molecule has 1 aliphatic carbocycles. The van der Waals surface area contributed by atoms with E-state index in [9.17, 15) is 14.7 Å². The van der Waals surface area contributed by atoms with Crippen molar-refractivity contribution in [2.75, 3.05) is 26.2 Å². The first-order valence-corrected chi connectivity index (χ1v) is 7.57. The van der Waals surface area contributed by atoms with Crippen LogP contribution in [-0.4, -0.2) is 58.5 Å². The van der Waals surface area contributed by atoms with Crippen LogP contribution in [0.3, 0.4) is 0 Å². The SMILES string of the molecule is CC(C)(C)N1CCN(C(=O)[C@@H]2CCC[C@@H]2C(=O)O)CC1. The van der Waals surface area contributed by atoms with Gasteiger partial charge >= 0.3 is 5.97 Å². The fraction of sp³-hybridized carbons (Fsp3) is 0.867. The molecule has 1 amide bonds. The monoisotopic (exact) mass is 282 g/mol. The average molecular weight is 282 g/mol. The number of piperazine rings is 1. The second kappa shape index (κ2) is 5.72. The molecule has 1 N–H and O–H groups in total. The minimum Gasteiger partial charge on any atom is -0.481 e. The second-order valence-corrected chi connectivity index (χ2v) is 6.97. The Morgan fingerprint density at radius 3 is 2.05 bits per heavy atom. The van der Waals surface area contributed by atoms with Crippen LogP contribution in [0, 0.1) is 11.8 Å². The van der Waals surface area contributed by atoms with Crippen LogP contribution in [0.5, 0.6) is 0 Å². The summed E-state index contributed by atoms with van der Waals surface area (Å²) in [6, 6.07) is 0. The van der Waals surface area contributed by atoms with E-state index in [1.54, 1.807) is 0 Å². The third-order valence-electron chi connectivity index (χ3n) is 4.69. The fourth-order valence-electron chi connectivity index (χ4n) is 3.38. The van der Waals surface area contributed by atoms with Gasteiger partial charge in [-0.15, -0.1) is 0 Å². The van der Waals surface area contributed by atoms with Crippen LogP contribution in [0.1, 0.15) is 40.0 Å². The molecular formula is C15H26N2O3. The Labute approximate surface area is 120 Å². The summed E-state index contributed by atoms with van der Waals surface area (Å²) in [5.41, 5.74) is 0.131. The number of amides is 1. The van der Waals surface area contributed by atoms with Crippen LogP contribution in [0.15, 0.2) is 0 Å². The van der Waals surface area contributed by atoms with Crippen LogP contribution in [0.25, 0.3) is 0 Å². The maximum absolute atomic E-state index is 12.5. The van der Waals surface area contributed by atoms with Crippen molar-refractivity contribution >= 4 is 11.9 Å². The van der Waals surface area contributed by atoms with Crippen molar-refractivity contribution in [2.45, 2.75) is 45.6 Å². The van der Waals surface area contributed by atoms with E-state index in [4.69, 9.17) is 0 Å². The molecule has 0 spiro atoms. The summed E-state index contributed by atoms with van der Waals surface area (Å²) in [7, 11) is 0. The first-order valence-electron chi connectivity index (χ1n) is 7.57. The smallest absolute Gasteiger partial charge is 0.307 e. The van der Waals surface area contributed by atoms with Crippen LogP contribution in [0.4, 0.5) is 0 Å². The highest BCUT2D eigenvalue weighted by atomic mass is 16.4. The van der Waals surface area contributed by atoms with E-state index >= 15 is 0 Å². The highest BCUT2D eigenvalue weighted by molar-refractivity contribution is 5.85. The summed E-state index contributed by atoms with van der Waals surface area (Å²) in [4.78, 5) is 28.0. The summed E-state index contributed by atoms with van der Waals surface area (Å²) in [6.45, 7) is 9.74.